The third-order valence-corrected chi connectivity index (χ3v) is 2.63. The van der Waals surface area contributed by atoms with Crippen molar-refractivity contribution in [2.24, 2.45) is 0 Å². The van der Waals surface area contributed by atoms with Crippen LogP contribution in [0.1, 0.15) is 19.4 Å². The highest BCUT2D eigenvalue weighted by Gasteiger charge is 2.17. The van der Waals surface area contributed by atoms with Crippen LogP contribution in [0.2, 0.25) is 0 Å². The maximum Gasteiger partial charge on any atom is 0.119 e. The van der Waals surface area contributed by atoms with Crippen LogP contribution < -0.4 is 0 Å². The summed E-state index contributed by atoms with van der Waals surface area (Å²) in [6.45, 7) is 3.49. The maximum atomic E-state index is 9.86. The van der Waals surface area contributed by atoms with Crippen LogP contribution in [0.5, 0.6) is 5.75 Å². The van der Waals surface area contributed by atoms with Crippen LogP contribution in [0.4, 0.5) is 0 Å². The van der Waals surface area contributed by atoms with Crippen molar-refractivity contribution in [1.29, 1.82) is 0 Å². The average molecular weight is 216 g/mol. The monoisotopic (exact) mass is 216 g/mol. The number of fused-ring (bicyclic) bond motifs is 1. The zero-order valence-electron chi connectivity index (χ0n) is 9.57. The molecule has 2 heteroatoms. The smallest absolute Gasteiger partial charge is 0.119 e. The van der Waals surface area contributed by atoms with Gasteiger partial charge in [-0.1, -0.05) is 30.3 Å². The molecule has 0 unspecified atom stereocenters. The van der Waals surface area contributed by atoms with E-state index in [1.807, 2.05) is 30.3 Å². The fraction of sp³-hybridized carbons (Fsp3) is 0.286. The van der Waals surface area contributed by atoms with Gasteiger partial charge in [-0.15, -0.1) is 0 Å². The van der Waals surface area contributed by atoms with Crippen molar-refractivity contribution in [2.75, 3.05) is 0 Å². The first kappa shape index (κ1) is 11.0. The molecule has 0 spiro atoms. The van der Waals surface area contributed by atoms with Gasteiger partial charge in [0.2, 0.25) is 0 Å². The van der Waals surface area contributed by atoms with Crippen LogP contribution in [0.3, 0.4) is 0 Å². The summed E-state index contributed by atoms with van der Waals surface area (Å²) in [5.74, 6) is 0.251. The molecule has 0 heterocycles. The number of benzene rings is 2. The van der Waals surface area contributed by atoms with E-state index in [-0.39, 0.29) is 5.75 Å². The Morgan fingerprint density at radius 1 is 1.06 bits per heavy atom. The fourth-order valence-corrected chi connectivity index (χ4v) is 1.94. The Morgan fingerprint density at radius 3 is 2.44 bits per heavy atom. The molecule has 0 aromatic heterocycles. The first-order valence-electron chi connectivity index (χ1n) is 5.39. The summed E-state index contributed by atoms with van der Waals surface area (Å²) >= 11 is 0. The second-order valence-corrected chi connectivity index (χ2v) is 4.77. The summed E-state index contributed by atoms with van der Waals surface area (Å²) in [4.78, 5) is 0. The summed E-state index contributed by atoms with van der Waals surface area (Å²) in [5.41, 5.74) is -0.00711. The molecule has 2 aromatic carbocycles. The lowest BCUT2D eigenvalue weighted by molar-refractivity contribution is 0.0806. The van der Waals surface area contributed by atoms with Crippen LogP contribution in [-0.4, -0.2) is 15.8 Å². The highest BCUT2D eigenvalue weighted by atomic mass is 16.3. The van der Waals surface area contributed by atoms with Gasteiger partial charge < -0.3 is 10.2 Å². The number of hydrogen-bond acceptors (Lipinski definition) is 2. The summed E-state index contributed by atoms with van der Waals surface area (Å²) in [6.07, 6.45) is 0.445. The van der Waals surface area contributed by atoms with Gasteiger partial charge in [-0.25, -0.2) is 0 Å². The molecule has 0 aliphatic rings. The van der Waals surface area contributed by atoms with Gasteiger partial charge in [-0.3, -0.25) is 0 Å². The van der Waals surface area contributed by atoms with Crippen LogP contribution in [0.15, 0.2) is 36.4 Å². The lowest BCUT2D eigenvalue weighted by Gasteiger charge is -2.19. The molecule has 0 aliphatic carbocycles. The molecule has 0 amide bonds. The summed E-state index contributed by atoms with van der Waals surface area (Å²) in [5, 5.41) is 21.8. The molecule has 84 valence electrons. The number of aromatic hydroxyl groups is 1. The summed E-state index contributed by atoms with van der Waals surface area (Å²) in [7, 11) is 0. The van der Waals surface area contributed by atoms with Crippen molar-refractivity contribution >= 4 is 10.8 Å². The molecular weight excluding hydrogens is 200 g/mol. The number of rotatable bonds is 2. The highest BCUT2D eigenvalue weighted by Crippen LogP contribution is 2.30. The van der Waals surface area contributed by atoms with Crippen molar-refractivity contribution in [1.82, 2.24) is 0 Å². The number of phenolic OH excluding ortho intramolecular Hbond substituents is 1. The second kappa shape index (κ2) is 3.80. The SMILES string of the molecule is CC(C)(O)Cc1c(O)ccc2ccccc12. The minimum Gasteiger partial charge on any atom is -0.508 e. The molecule has 0 fully saturated rings. The molecule has 2 aromatic rings. The molecule has 2 N–H and O–H groups in total. The zero-order valence-corrected chi connectivity index (χ0v) is 9.57. The van der Waals surface area contributed by atoms with Crippen molar-refractivity contribution in [3.05, 3.63) is 42.0 Å². The minimum atomic E-state index is -0.818. The van der Waals surface area contributed by atoms with Gasteiger partial charge in [0.15, 0.2) is 0 Å². The topological polar surface area (TPSA) is 40.5 Å². The maximum absolute atomic E-state index is 9.86. The minimum absolute atomic E-state index is 0.251. The average Bonchev–Trinajstić information content (AvgIpc) is 2.21. The summed E-state index contributed by atoms with van der Waals surface area (Å²) in [6, 6.07) is 11.4. The molecule has 0 saturated carbocycles. The first-order chi connectivity index (χ1) is 7.47. The van der Waals surface area contributed by atoms with Gasteiger partial charge in [-0.05, 0) is 30.7 Å². The van der Waals surface area contributed by atoms with E-state index in [1.54, 1.807) is 19.9 Å². The van der Waals surface area contributed by atoms with Gasteiger partial charge in [0.05, 0.1) is 5.60 Å². The van der Waals surface area contributed by atoms with E-state index < -0.39 is 5.60 Å². The predicted octanol–water partition coefficient (Wildman–Crippen LogP) is 2.86. The molecule has 16 heavy (non-hydrogen) atoms. The van der Waals surface area contributed by atoms with E-state index in [0.717, 1.165) is 16.3 Å². The first-order valence-corrected chi connectivity index (χ1v) is 5.39. The van der Waals surface area contributed by atoms with Gasteiger partial charge in [0.25, 0.3) is 0 Å². The van der Waals surface area contributed by atoms with Crippen LogP contribution in [0.25, 0.3) is 10.8 Å². The van der Waals surface area contributed by atoms with Crippen LogP contribution >= 0.6 is 0 Å². The van der Waals surface area contributed by atoms with E-state index in [0.29, 0.717) is 6.42 Å². The highest BCUT2D eigenvalue weighted by molar-refractivity contribution is 5.87. The largest absolute Gasteiger partial charge is 0.508 e. The van der Waals surface area contributed by atoms with E-state index in [4.69, 9.17) is 0 Å². The van der Waals surface area contributed by atoms with Gasteiger partial charge in [0.1, 0.15) is 5.75 Å². The van der Waals surface area contributed by atoms with E-state index in [1.165, 1.54) is 0 Å². The summed E-state index contributed by atoms with van der Waals surface area (Å²) < 4.78 is 0. The Balaban J connectivity index is 2.62. The molecule has 0 bridgehead atoms. The number of phenols is 1. The Bertz CT molecular complexity index is 510. The Kier molecular flexibility index (Phi) is 2.60. The lowest BCUT2D eigenvalue weighted by Crippen LogP contribution is -2.22. The molecule has 2 rings (SSSR count). The standard InChI is InChI=1S/C14H16O2/c1-14(2,16)9-12-11-6-4-3-5-10(11)7-8-13(12)15/h3-8,15-16H,9H2,1-2H3. The molecule has 0 saturated heterocycles. The van der Waals surface area contributed by atoms with Gasteiger partial charge >= 0.3 is 0 Å². The quantitative estimate of drug-likeness (QED) is 0.810. The molecule has 2 nitrogen and oxygen atoms in total. The van der Waals surface area contributed by atoms with Crippen molar-refractivity contribution in [3.8, 4) is 5.75 Å². The van der Waals surface area contributed by atoms with E-state index in [9.17, 15) is 10.2 Å². The normalized spacial score (nSPS) is 11.9. The molecule has 0 aliphatic heterocycles. The third-order valence-electron chi connectivity index (χ3n) is 2.63. The van der Waals surface area contributed by atoms with Crippen LogP contribution in [-0.2, 0) is 6.42 Å². The predicted molar refractivity (Wildman–Crippen MR) is 65.6 cm³/mol. The zero-order chi connectivity index (χ0) is 11.8. The second-order valence-electron chi connectivity index (χ2n) is 4.77. The number of aliphatic hydroxyl groups is 1. The number of hydrogen-bond donors (Lipinski definition) is 2. The van der Waals surface area contributed by atoms with Gasteiger partial charge in [-0.2, -0.15) is 0 Å². The third kappa shape index (κ3) is 2.17. The van der Waals surface area contributed by atoms with Crippen LogP contribution in [0, 0.1) is 0 Å². The van der Waals surface area contributed by atoms with Crippen molar-refractivity contribution in [3.63, 3.8) is 0 Å². The van der Waals surface area contributed by atoms with E-state index >= 15 is 0 Å². The molecular formula is C14H16O2. The van der Waals surface area contributed by atoms with Crippen molar-refractivity contribution < 1.29 is 10.2 Å². The van der Waals surface area contributed by atoms with Crippen molar-refractivity contribution in [2.45, 2.75) is 25.9 Å². The Morgan fingerprint density at radius 2 is 1.75 bits per heavy atom. The van der Waals surface area contributed by atoms with E-state index in [2.05, 4.69) is 0 Å². The molecule has 0 radical (unpaired) electrons. The fourth-order valence-electron chi connectivity index (χ4n) is 1.94. The van der Waals surface area contributed by atoms with Gasteiger partial charge in [0, 0.05) is 12.0 Å². The Labute approximate surface area is 95.2 Å². The Hall–Kier alpha value is -1.54. The molecule has 0 atom stereocenters. The lowest BCUT2D eigenvalue weighted by atomic mass is 9.93.